The van der Waals surface area contributed by atoms with E-state index in [0.717, 1.165) is 0 Å². The molecule has 1 atom stereocenters. The fourth-order valence-electron chi connectivity index (χ4n) is 3.01. The number of carbonyl (C=O) groups is 2. The van der Waals surface area contributed by atoms with Gasteiger partial charge in [-0.15, -0.1) is 0 Å². The predicted molar refractivity (Wildman–Crippen MR) is 88.5 cm³/mol. The highest BCUT2D eigenvalue weighted by atomic mass is 16.6. The molecule has 3 rings (SSSR count). The van der Waals surface area contributed by atoms with E-state index >= 15 is 0 Å². The Morgan fingerprint density at radius 1 is 1.16 bits per heavy atom. The lowest BCUT2D eigenvalue weighted by Gasteiger charge is -2.09. The van der Waals surface area contributed by atoms with Crippen LogP contribution in [0.4, 0.5) is 5.69 Å². The van der Waals surface area contributed by atoms with Gasteiger partial charge in [-0.05, 0) is 24.1 Å². The minimum atomic E-state index is -0.895. The van der Waals surface area contributed by atoms with Gasteiger partial charge in [0.05, 0.1) is 25.1 Å². The summed E-state index contributed by atoms with van der Waals surface area (Å²) in [5, 5.41) is 10.9. The first-order valence-corrected chi connectivity index (χ1v) is 7.54. The van der Waals surface area contributed by atoms with Crippen molar-refractivity contribution in [2.24, 2.45) is 5.92 Å². The molecule has 128 valence electrons. The first kappa shape index (κ1) is 16.6. The highest BCUT2D eigenvalue weighted by Crippen LogP contribution is 2.37. The summed E-state index contributed by atoms with van der Waals surface area (Å²) in [7, 11) is 2.96. The van der Waals surface area contributed by atoms with Crippen LogP contribution in [0.3, 0.4) is 0 Å². The van der Waals surface area contributed by atoms with E-state index in [-0.39, 0.29) is 23.5 Å². The van der Waals surface area contributed by atoms with E-state index in [0.29, 0.717) is 22.6 Å². The molecule has 0 fully saturated rings. The predicted octanol–water partition coefficient (Wildman–Crippen LogP) is 2.85. The third-order valence-electron chi connectivity index (χ3n) is 4.27. The van der Waals surface area contributed by atoms with Crippen LogP contribution in [0.15, 0.2) is 36.4 Å². The summed E-state index contributed by atoms with van der Waals surface area (Å²) in [6, 6.07) is 8.66. The highest BCUT2D eigenvalue weighted by molar-refractivity contribution is 6.19. The van der Waals surface area contributed by atoms with E-state index in [1.807, 2.05) is 0 Å². The fraction of sp³-hybridized carbons (Fsp3) is 0.222. The van der Waals surface area contributed by atoms with E-state index < -0.39 is 16.6 Å². The third-order valence-corrected chi connectivity index (χ3v) is 4.27. The second-order valence-corrected chi connectivity index (χ2v) is 5.66. The van der Waals surface area contributed by atoms with Gasteiger partial charge in [0, 0.05) is 23.3 Å². The van der Waals surface area contributed by atoms with Gasteiger partial charge in [-0.2, -0.15) is 0 Å². The standard InChI is InChI=1S/C18H15NO6/c1-24-15-8-11-7-14(18(21)13(11)9-16(15)25-2)17(20)10-4-3-5-12(6-10)19(22)23/h3-6,8-9,14H,7H2,1-2H3. The quantitative estimate of drug-likeness (QED) is 0.359. The van der Waals surface area contributed by atoms with Crippen LogP contribution in [0.1, 0.15) is 26.3 Å². The molecule has 0 amide bonds. The van der Waals surface area contributed by atoms with Gasteiger partial charge >= 0.3 is 0 Å². The molecule has 0 bridgehead atoms. The Bertz CT molecular complexity index is 889. The maximum Gasteiger partial charge on any atom is 0.270 e. The largest absolute Gasteiger partial charge is 0.493 e. The molecule has 2 aromatic rings. The number of methoxy groups -OCH3 is 2. The summed E-state index contributed by atoms with van der Waals surface area (Å²) in [6.07, 6.45) is 0.232. The topological polar surface area (TPSA) is 95.7 Å². The van der Waals surface area contributed by atoms with Gasteiger partial charge in [-0.1, -0.05) is 12.1 Å². The number of nitro benzene ring substituents is 1. The van der Waals surface area contributed by atoms with Crippen LogP contribution in [0.2, 0.25) is 0 Å². The summed E-state index contributed by atoms with van der Waals surface area (Å²) in [6.45, 7) is 0. The van der Waals surface area contributed by atoms with E-state index in [1.165, 1.54) is 38.5 Å². The van der Waals surface area contributed by atoms with Crippen molar-refractivity contribution in [1.29, 1.82) is 0 Å². The Balaban J connectivity index is 1.95. The van der Waals surface area contributed by atoms with Crippen LogP contribution in [0, 0.1) is 16.0 Å². The molecular formula is C18H15NO6. The Hall–Kier alpha value is -3.22. The number of hydrogen-bond donors (Lipinski definition) is 0. The van der Waals surface area contributed by atoms with Gasteiger partial charge in [-0.3, -0.25) is 19.7 Å². The molecule has 0 N–H and O–H groups in total. The molecular weight excluding hydrogens is 326 g/mol. The Morgan fingerprint density at radius 2 is 1.84 bits per heavy atom. The highest BCUT2D eigenvalue weighted by Gasteiger charge is 2.37. The normalized spacial score (nSPS) is 15.6. The van der Waals surface area contributed by atoms with E-state index in [2.05, 4.69) is 0 Å². The number of rotatable bonds is 5. The molecule has 0 spiro atoms. The number of nitrogens with zero attached hydrogens (tertiary/aromatic N) is 1. The van der Waals surface area contributed by atoms with Crippen molar-refractivity contribution in [3.05, 3.63) is 63.2 Å². The van der Waals surface area contributed by atoms with Crippen LogP contribution in [-0.4, -0.2) is 30.7 Å². The molecule has 0 aliphatic heterocycles. The molecule has 7 heteroatoms. The Morgan fingerprint density at radius 3 is 2.48 bits per heavy atom. The van der Waals surface area contributed by atoms with Crippen molar-refractivity contribution >= 4 is 17.3 Å². The van der Waals surface area contributed by atoms with Crippen LogP contribution >= 0.6 is 0 Å². The maximum absolute atomic E-state index is 12.7. The number of hydrogen-bond acceptors (Lipinski definition) is 6. The molecule has 7 nitrogen and oxygen atoms in total. The van der Waals surface area contributed by atoms with Crippen molar-refractivity contribution in [3.63, 3.8) is 0 Å². The molecule has 2 aromatic carbocycles. The fourth-order valence-corrected chi connectivity index (χ4v) is 3.01. The summed E-state index contributed by atoms with van der Waals surface area (Å²) < 4.78 is 10.4. The molecule has 1 unspecified atom stereocenters. The van der Waals surface area contributed by atoms with Crippen LogP contribution in [0.25, 0.3) is 0 Å². The monoisotopic (exact) mass is 341 g/mol. The van der Waals surface area contributed by atoms with Gasteiger partial charge in [0.1, 0.15) is 0 Å². The van der Waals surface area contributed by atoms with Crippen LogP contribution in [0.5, 0.6) is 11.5 Å². The first-order valence-electron chi connectivity index (χ1n) is 7.54. The molecule has 0 heterocycles. The zero-order valence-electron chi connectivity index (χ0n) is 13.6. The number of ether oxygens (including phenoxy) is 2. The van der Waals surface area contributed by atoms with Gasteiger partial charge in [-0.25, -0.2) is 0 Å². The van der Waals surface area contributed by atoms with Crippen molar-refractivity contribution in [2.75, 3.05) is 14.2 Å². The van der Waals surface area contributed by atoms with E-state index in [4.69, 9.17) is 9.47 Å². The zero-order chi connectivity index (χ0) is 18.1. The zero-order valence-corrected chi connectivity index (χ0v) is 13.6. The Labute approximate surface area is 143 Å². The van der Waals surface area contributed by atoms with Crippen molar-refractivity contribution in [1.82, 2.24) is 0 Å². The molecule has 0 radical (unpaired) electrons. The second kappa shape index (κ2) is 6.35. The molecule has 1 aliphatic carbocycles. The first-order chi connectivity index (χ1) is 12.0. The van der Waals surface area contributed by atoms with E-state index in [1.54, 1.807) is 12.1 Å². The number of non-ortho nitro benzene ring substituents is 1. The smallest absolute Gasteiger partial charge is 0.270 e. The maximum atomic E-state index is 12.7. The number of benzene rings is 2. The molecule has 25 heavy (non-hydrogen) atoms. The number of carbonyl (C=O) groups excluding carboxylic acids is 2. The van der Waals surface area contributed by atoms with Gasteiger partial charge in [0.15, 0.2) is 23.1 Å². The van der Waals surface area contributed by atoms with Gasteiger partial charge in [0.2, 0.25) is 0 Å². The van der Waals surface area contributed by atoms with E-state index in [9.17, 15) is 19.7 Å². The van der Waals surface area contributed by atoms with Gasteiger partial charge in [0.25, 0.3) is 5.69 Å². The van der Waals surface area contributed by atoms with Crippen LogP contribution < -0.4 is 9.47 Å². The lowest BCUT2D eigenvalue weighted by Crippen LogP contribution is -2.21. The van der Waals surface area contributed by atoms with Gasteiger partial charge < -0.3 is 9.47 Å². The SMILES string of the molecule is COc1cc2c(cc1OC)C(=O)C(C(=O)c1cccc([N+](=O)[O-])c1)C2. The number of fused-ring (bicyclic) bond motifs is 1. The summed E-state index contributed by atoms with van der Waals surface area (Å²) in [5.74, 6) is -0.736. The second-order valence-electron chi connectivity index (χ2n) is 5.66. The lowest BCUT2D eigenvalue weighted by atomic mass is 9.94. The summed E-state index contributed by atoms with van der Waals surface area (Å²) in [4.78, 5) is 35.7. The number of ketones is 2. The molecule has 0 saturated heterocycles. The molecule has 0 aromatic heterocycles. The Kier molecular flexibility index (Phi) is 4.22. The minimum absolute atomic E-state index is 0.152. The van der Waals surface area contributed by atoms with Crippen molar-refractivity contribution < 1.29 is 24.0 Å². The number of nitro groups is 1. The number of Topliss-reactive ketones (excluding diaryl/α,β-unsaturated/α-hetero) is 2. The minimum Gasteiger partial charge on any atom is -0.493 e. The van der Waals surface area contributed by atoms with Crippen molar-refractivity contribution in [3.8, 4) is 11.5 Å². The summed E-state index contributed by atoms with van der Waals surface area (Å²) >= 11 is 0. The average Bonchev–Trinajstić information content (AvgIpc) is 2.95. The molecule has 1 aliphatic rings. The molecule has 0 saturated carbocycles. The third kappa shape index (κ3) is 2.84. The summed E-state index contributed by atoms with van der Waals surface area (Å²) in [5.41, 5.74) is 1.09. The average molecular weight is 341 g/mol. The van der Waals surface area contributed by atoms with Crippen molar-refractivity contribution in [2.45, 2.75) is 6.42 Å². The lowest BCUT2D eigenvalue weighted by molar-refractivity contribution is -0.384. The van der Waals surface area contributed by atoms with Crippen LogP contribution in [-0.2, 0) is 6.42 Å².